The summed E-state index contributed by atoms with van der Waals surface area (Å²) < 4.78 is 20.9. The molecule has 1 heterocycles. The van der Waals surface area contributed by atoms with E-state index in [4.69, 9.17) is 4.74 Å². The molecule has 130 valence electrons. The van der Waals surface area contributed by atoms with E-state index in [0.717, 1.165) is 3.58 Å². The molecule has 2 nitrogen and oxygen atoms in total. The zero-order valence-corrected chi connectivity index (χ0v) is 18.1. The molecule has 2 radical (unpaired) electrons. The van der Waals surface area contributed by atoms with E-state index in [-0.39, 0.29) is 5.82 Å². The van der Waals surface area contributed by atoms with Crippen LogP contribution in [0.1, 0.15) is 78.6 Å². The molecule has 0 atom stereocenters. The third-order valence-corrected chi connectivity index (χ3v) is 9.98. The van der Waals surface area contributed by atoms with Gasteiger partial charge in [-0.05, 0) is 0 Å². The van der Waals surface area contributed by atoms with Crippen molar-refractivity contribution in [1.29, 1.82) is 0 Å². The van der Waals surface area contributed by atoms with Crippen molar-refractivity contribution in [3.8, 4) is 5.88 Å². The van der Waals surface area contributed by atoms with E-state index in [1.807, 2.05) is 6.07 Å². The van der Waals surface area contributed by atoms with E-state index in [0.29, 0.717) is 9.31 Å². The van der Waals surface area contributed by atoms with E-state index >= 15 is 0 Å². The molecule has 0 N–H and O–H groups in total. The van der Waals surface area contributed by atoms with Crippen molar-refractivity contribution in [2.75, 3.05) is 7.11 Å². The number of hydrogen-bond donors (Lipinski definition) is 0. The van der Waals surface area contributed by atoms with Gasteiger partial charge in [0.15, 0.2) is 0 Å². The summed E-state index contributed by atoms with van der Waals surface area (Å²) >= 11 is -1.06. The van der Waals surface area contributed by atoms with Gasteiger partial charge in [-0.15, -0.1) is 0 Å². The summed E-state index contributed by atoms with van der Waals surface area (Å²) in [7, 11) is 1.60. The molecule has 0 aliphatic rings. The van der Waals surface area contributed by atoms with Crippen molar-refractivity contribution in [2.45, 2.75) is 82.0 Å². The van der Waals surface area contributed by atoms with Gasteiger partial charge in [-0.1, -0.05) is 0 Å². The maximum absolute atomic E-state index is 14.3. The molecule has 0 unspecified atom stereocenters. The van der Waals surface area contributed by atoms with Crippen LogP contribution in [0.2, 0.25) is 3.43 Å². The fourth-order valence-electron chi connectivity index (χ4n) is 3.02. The molecule has 0 amide bonds. The third-order valence-electron chi connectivity index (χ3n) is 4.47. The Balaban J connectivity index is 3.04. The van der Waals surface area contributed by atoms with Crippen LogP contribution in [0.5, 0.6) is 5.88 Å². The van der Waals surface area contributed by atoms with Gasteiger partial charge in [0, 0.05) is 0 Å². The molecule has 1 rings (SSSR count). The Kier molecular flexibility index (Phi) is 10.2. The molecule has 0 aliphatic heterocycles. The van der Waals surface area contributed by atoms with Crippen molar-refractivity contribution in [2.24, 2.45) is 0 Å². The molecule has 0 aromatic carbocycles. The predicted octanol–water partition coefficient (Wildman–Crippen LogP) is 5.29. The maximum atomic E-state index is 14.3. The van der Waals surface area contributed by atoms with Gasteiger partial charge < -0.3 is 0 Å². The Morgan fingerprint density at radius 2 is 1.57 bits per heavy atom. The number of pyridine rings is 1. The number of nitrogens with zero attached hydrogens (tertiary/aromatic N) is 1. The van der Waals surface area contributed by atoms with Crippen LogP contribution in [-0.4, -0.2) is 33.2 Å². The molecule has 23 heavy (non-hydrogen) atoms. The number of methoxy groups -OCH3 is 1. The Labute approximate surface area is 151 Å². The van der Waals surface area contributed by atoms with E-state index in [9.17, 15) is 4.39 Å². The second-order valence-corrected chi connectivity index (χ2v) is 11.7. The van der Waals surface area contributed by atoms with Crippen LogP contribution in [0.4, 0.5) is 4.39 Å². The Morgan fingerprint density at radius 1 is 1.04 bits per heavy atom. The normalized spacial score (nSPS) is 11.7. The molecule has 0 bridgehead atoms. The van der Waals surface area contributed by atoms with Crippen molar-refractivity contribution in [3.05, 3.63) is 18.1 Å². The molecule has 0 saturated heterocycles. The number of unbranched alkanes of at least 4 members (excludes halogenated alkanes) is 3. The van der Waals surface area contributed by atoms with Gasteiger partial charge in [-0.25, -0.2) is 0 Å². The number of ether oxygens (including phenoxy) is 1. The number of hydrogen-bond acceptors (Lipinski definition) is 2. The van der Waals surface area contributed by atoms with Crippen LogP contribution >= 0.6 is 0 Å². The molecule has 0 spiro atoms. The Hall–Kier alpha value is -0.321. The monoisotopic (exact) mass is 429 g/mol. The summed E-state index contributed by atoms with van der Waals surface area (Å²) in [5.41, 5.74) is 0. The van der Waals surface area contributed by atoms with Crippen LogP contribution < -0.4 is 8.32 Å². The molecule has 0 fully saturated rings. The zero-order valence-electron chi connectivity index (χ0n) is 15.3. The zero-order chi connectivity index (χ0) is 17.1. The summed E-state index contributed by atoms with van der Waals surface area (Å²) in [6.45, 7) is 6.77. The molecular formula is C19H32FNOSn. The average molecular weight is 428 g/mol. The fraction of sp³-hybridized carbons (Fsp3) is 0.737. The van der Waals surface area contributed by atoms with Crippen LogP contribution in [0.15, 0.2) is 12.3 Å². The van der Waals surface area contributed by atoms with Gasteiger partial charge in [0.1, 0.15) is 0 Å². The molecule has 0 saturated carbocycles. The molecule has 4 heteroatoms. The summed E-state index contributed by atoms with van der Waals surface area (Å²) in [5.74, 6) is 0.434. The van der Waals surface area contributed by atoms with Crippen LogP contribution in [-0.2, 0) is 0 Å². The second-order valence-electron chi connectivity index (χ2n) is 6.42. The van der Waals surface area contributed by atoms with E-state index < -0.39 is 21.1 Å². The molecular weight excluding hydrogens is 396 g/mol. The Bertz CT molecular complexity index is 431. The fourth-order valence-corrected chi connectivity index (χ4v) is 8.32. The quantitative estimate of drug-likeness (QED) is 0.423. The van der Waals surface area contributed by atoms with Crippen LogP contribution in [0, 0.1) is 5.82 Å². The van der Waals surface area contributed by atoms with Crippen LogP contribution in [0.3, 0.4) is 0 Å². The van der Waals surface area contributed by atoms with Crippen LogP contribution in [0.25, 0.3) is 0 Å². The topological polar surface area (TPSA) is 22.1 Å². The SMILES string of the molecule is CCCC[C](CCCC)(CCCC)[Sn][c]1cc(OC)ncc1F. The third kappa shape index (κ3) is 6.98. The first-order valence-electron chi connectivity index (χ1n) is 9.08. The summed E-state index contributed by atoms with van der Waals surface area (Å²) in [6.07, 6.45) is 12.6. The van der Waals surface area contributed by atoms with Crippen molar-refractivity contribution < 1.29 is 9.13 Å². The first kappa shape index (κ1) is 20.7. The number of halogens is 1. The minimum absolute atomic E-state index is 0.119. The van der Waals surface area contributed by atoms with E-state index in [2.05, 4.69) is 25.8 Å². The van der Waals surface area contributed by atoms with Gasteiger partial charge in [0.2, 0.25) is 0 Å². The van der Waals surface area contributed by atoms with E-state index in [1.54, 1.807) is 7.11 Å². The van der Waals surface area contributed by atoms with Gasteiger partial charge in [-0.3, -0.25) is 0 Å². The first-order chi connectivity index (χ1) is 11.1. The van der Waals surface area contributed by atoms with Crippen molar-refractivity contribution in [3.63, 3.8) is 0 Å². The average Bonchev–Trinajstić information content (AvgIpc) is 2.58. The van der Waals surface area contributed by atoms with Crippen molar-refractivity contribution in [1.82, 2.24) is 4.98 Å². The van der Waals surface area contributed by atoms with E-state index in [1.165, 1.54) is 64.0 Å². The Morgan fingerprint density at radius 3 is 2.00 bits per heavy atom. The molecule has 0 aliphatic carbocycles. The second kappa shape index (κ2) is 11.3. The summed E-state index contributed by atoms with van der Waals surface area (Å²) in [6, 6.07) is 1.86. The summed E-state index contributed by atoms with van der Waals surface area (Å²) in [5, 5.41) is 0. The first-order valence-corrected chi connectivity index (χ1v) is 11.9. The van der Waals surface area contributed by atoms with Gasteiger partial charge in [0.05, 0.1) is 0 Å². The summed E-state index contributed by atoms with van der Waals surface area (Å²) in [4.78, 5) is 4.00. The standard InChI is InChI=1S/C13H27.C6H5FNO.Sn/c1-4-7-10-13(11-8-5-2)12-9-6-3;1-9-6-3-2-5(7)4-8-6;/h4-12H2,1-3H3;3-4H,1H3;. The number of rotatable bonds is 12. The minimum atomic E-state index is -1.06. The van der Waals surface area contributed by atoms with Gasteiger partial charge >= 0.3 is 152 Å². The molecule has 1 aromatic rings. The molecule has 1 aromatic heterocycles. The van der Waals surface area contributed by atoms with Gasteiger partial charge in [0.25, 0.3) is 0 Å². The predicted molar refractivity (Wildman–Crippen MR) is 97.4 cm³/mol. The van der Waals surface area contributed by atoms with Gasteiger partial charge in [-0.2, -0.15) is 0 Å². The number of aromatic nitrogens is 1. The van der Waals surface area contributed by atoms with Crippen molar-refractivity contribution >= 4 is 24.7 Å².